The molecule has 3 rings (SSSR count). The summed E-state index contributed by atoms with van der Waals surface area (Å²) < 4.78 is 61.8. The number of pyridine rings is 1. The van der Waals surface area contributed by atoms with Gasteiger partial charge in [-0.3, -0.25) is 0 Å². The number of hydrogen-bond acceptors (Lipinski definition) is 7. The number of anilines is 4. The molecular formula is C18H16F3N5O2S. The molecule has 2 aromatic heterocycles. The fourth-order valence-electron chi connectivity index (χ4n) is 2.34. The summed E-state index contributed by atoms with van der Waals surface area (Å²) in [6.07, 6.45) is -2.49. The van der Waals surface area contributed by atoms with E-state index in [1.165, 1.54) is 30.6 Å². The van der Waals surface area contributed by atoms with E-state index in [-0.39, 0.29) is 16.5 Å². The van der Waals surface area contributed by atoms with Crippen molar-refractivity contribution in [3.8, 4) is 0 Å². The molecule has 0 unspecified atom stereocenters. The molecule has 7 nitrogen and oxygen atoms in total. The monoisotopic (exact) mass is 423 g/mol. The van der Waals surface area contributed by atoms with Gasteiger partial charge in [0.05, 0.1) is 16.2 Å². The molecule has 0 aliphatic carbocycles. The van der Waals surface area contributed by atoms with Crippen LogP contribution < -0.4 is 10.6 Å². The third-order valence-electron chi connectivity index (χ3n) is 3.86. The minimum Gasteiger partial charge on any atom is -0.340 e. The number of aromatic nitrogens is 3. The maximum atomic E-state index is 12.6. The Labute approximate surface area is 165 Å². The normalized spacial score (nSPS) is 11.9. The van der Waals surface area contributed by atoms with Gasteiger partial charge < -0.3 is 10.6 Å². The van der Waals surface area contributed by atoms with Gasteiger partial charge in [-0.25, -0.2) is 23.4 Å². The molecule has 29 heavy (non-hydrogen) atoms. The van der Waals surface area contributed by atoms with E-state index >= 15 is 0 Å². The van der Waals surface area contributed by atoms with E-state index < -0.39 is 21.6 Å². The Morgan fingerprint density at radius 1 is 0.931 bits per heavy atom. The van der Waals surface area contributed by atoms with Crippen LogP contribution in [0.2, 0.25) is 0 Å². The molecule has 0 bridgehead atoms. The van der Waals surface area contributed by atoms with Crippen molar-refractivity contribution in [2.75, 3.05) is 16.4 Å². The van der Waals surface area contributed by atoms with Gasteiger partial charge in [0.15, 0.2) is 9.84 Å². The summed E-state index contributed by atoms with van der Waals surface area (Å²) >= 11 is 0. The molecule has 0 spiro atoms. The van der Waals surface area contributed by atoms with Gasteiger partial charge in [-0.05, 0) is 30.3 Å². The zero-order valence-corrected chi connectivity index (χ0v) is 15.9. The minimum absolute atomic E-state index is 0.0157. The van der Waals surface area contributed by atoms with Gasteiger partial charge in [-0.1, -0.05) is 13.0 Å². The van der Waals surface area contributed by atoms with Gasteiger partial charge in [-0.2, -0.15) is 13.2 Å². The second-order valence-electron chi connectivity index (χ2n) is 5.90. The maximum Gasteiger partial charge on any atom is 0.417 e. The Morgan fingerprint density at radius 3 is 2.28 bits per heavy atom. The lowest BCUT2D eigenvalue weighted by molar-refractivity contribution is -0.137. The quantitative estimate of drug-likeness (QED) is 0.614. The zero-order valence-electron chi connectivity index (χ0n) is 15.1. The third-order valence-corrected chi connectivity index (χ3v) is 5.59. The molecule has 0 aliphatic heterocycles. The van der Waals surface area contributed by atoms with Crippen LogP contribution in [0.5, 0.6) is 0 Å². The summed E-state index contributed by atoms with van der Waals surface area (Å²) in [6, 6.07) is 9.91. The zero-order chi connectivity index (χ0) is 21.1. The molecule has 0 fully saturated rings. The topological polar surface area (TPSA) is 96.9 Å². The SMILES string of the molecule is CCS(=O)(=O)c1cccc(Nc2cc(Nc3ccc(C(F)(F)F)cn3)ncn2)c1. The van der Waals surface area contributed by atoms with Gasteiger partial charge in [-0.15, -0.1) is 0 Å². The van der Waals surface area contributed by atoms with E-state index in [9.17, 15) is 21.6 Å². The van der Waals surface area contributed by atoms with E-state index in [1.54, 1.807) is 19.1 Å². The van der Waals surface area contributed by atoms with Gasteiger partial charge in [0.25, 0.3) is 0 Å². The van der Waals surface area contributed by atoms with Crippen LogP contribution in [0.15, 0.2) is 59.9 Å². The van der Waals surface area contributed by atoms with Crippen molar-refractivity contribution in [2.24, 2.45) is 0 Å². The lowest BCUT2D eigenvalue weighted by atomic mass is 10.3. The average molecular weight is 423 g/mol. The molecule has 2 N–H and O–H groups in total. The highest BCUT2D eigenvalue weighted by molar-refractivity contribution is 7.91. The van der Waals surface area contributed by atoms with Crippen LogP contribution in [-0.2, 0) is 16.0 Å². The first-order valence-electron chi connectivity index (χ1n) is 8.39. The molecule has 3 aromatic rings. The lowest BCUT2D eigenvalue weighted by Crippen LogP contribution is -2.06. The van der Waals surface area contributed by atoms with Crippen molar-refractivity contribution >= 4 is 33.0 Å². The number of nitrogens with one attached hydrogen (secondary N) is 2. The lowest BCUT2D eigenvalue weighted by Gasteiger charge is -2.10. The standard InChI is InChI=1S/C18H16F3N5O2S/c1-2-29(27,28)14-5-3-4-13(8-14)25-16-9-17(24-11-23-16)26-15-7-6-12(10-22-15)18(19,20)21/h3-11H,2H2,1H3,(H2,22,23,24,25,26). The third kappa shape index (κ3) is 5.19. The van der Waals surface area contributed by atoms with Gasteiger partial charge in [0.2, 0.25) is 0 Å². The van der Waals surface area contributed by atoms with Crippen molar-refractivity contribution in [3.05, 3.63) is 60.6 Å². The van der Waals surface area contributed by atoms with Crippen LogP contribution in [0.25, 0.3) is 0 Å². The molecule has 11 heteroatoms. The highest BCUT2D eigenvalue weighted by Gasteiger charge is 2.30. The number of benzene rings is 1. The van der Waals surface area contributed by atoms with Crippen LogP contribution >= 0.6 is 0 Å². The Balaban J connectivity index is 1.76. The van der Waals surface area contributed by atoms with Gasteiger partial charge in [0.1, 0.15) is 23.8 Å². The summed E-state index contributed by atoms with van der Waals surface area (Å²) in [4.78, 5) is 12.0. The fraction of sp³-hybridized carbons (Fsp3) is 0.167. The molecule has 0 amide bonds. The molecule has 152 valence electrons. The Bertz CT molecular complexity index is 1100. The van der Waals surface area contributed by atoms with E-state index in [1.807, 2.05) is 0 Å². The van der Waals surface area contributed by atoms with E-state index in [2.05, 4.69) is 25.6 Å². The van der Waals surface area contributed by atoms with Crippen LogP contribution in [0.3, 0.4) is 0 Å². The van der Waals surface area contributed by atoms with E-state index in [0.29, 0.717) is 17.3 Å². The largest absolute Gasteiger partial charge is 0.417 e. The molecule has 0 radical (unpaired) electrons. The smallest absolute Gasteiger partial charge is 0.340 e. The summed E-state index contributed by atoms with van der Waals surface area (Å²) in [7, 11) is -3.35. The predicted molar refractivity (Wildman–Crippen MR) is 102 cm³/mol. The second kappa shape index (κ2) is 8.03. The summed E-state index contributed by atoms with van der Waals surface area (Å²) in [5.74, 6) is 0.823. The highest BCUT2D eigenvalue weighted by atomic mass is 32.2. The van der Waals surface area contributed by atoms with Crippen molar-refractivity contribution in [2.45, 2.75) is 18.0 Å². The van der Waals surface area contributed by atoms with Crippen molar-refractivity contribution < 1.29 is 21.6 Å². The number of alkyl halides is 3. The fourth-order valence-corrected chi connectivity index (χ4v) is 3.27. The number of hydrogen-bond donors (Lipinski definition) is 2. The average Bonchev–Trinajstić information content (AvgIpc) is 2.68. The molecule has 0 saturated carbocycles. The highest BCUT2D eigenvalue weighted by Crippen LogP contribution is 2.29. The Kier molecular flexibility index (Phi) is 5.69. The Morgan fingerprint density at radius 2 is 1.66 bits per heavy atom. The van der Waals surface area contributed by atoms with Crippen LogP contribution in [0.1, 0.15) is 12.5 Å². The second-order valence-corrected chi connectivity index (χ2v) is 8.18. The van der Waals surface area contributed by atoms with Crippen molar-refractivity contribution in [1.29, 1.82) is 0 Å². The molecular weight excluding hydrogens is 407 g/mol. The summed E-state index contributed by atoms with van der Waals surface area (Å²) in [6.45, 7) is 1.56. The maximum absolute atomic E-state index is 12.6. The molecule has 2 heterocycles. The van der Waals surface area contributed by atoms with E-state index in [0.717, 1.165) is 12.3 Å². The first-order valence-corrected chi connectivity index (χ1v) is 10.0. The van der Waals surface area contributed by atoms with Crippen molar-refractivity contribution in [1.82, 2.24) is 15.0 Å². The van der Waals surface area contributed by atoms with Crippen LogP contribution in [-0.4, -0.2) is 29.1 Å². The molecule has 1 aromatic carbocycles. The van der Waals surface area contributed by atoms with Gasteiger partial charge >= 0.3 is 6.18 Å². The number of sulfone groups is 1. The van der Waals surface area contributed by atoms with Crippen LogP contribution in [0, 0.1) is 0 Å². The number of nitrogens with zero attached hydrogens (tertiary/aromatic N) is 3. The van der Waals surface area contributed by atoms with Crippen LogP contribution in [0.4, 0.5) is 36.3 Å². The predicted octanol–water partition coefficient (Wildman–Crippen LogP) is 4.17. The molecule has 0 atom stereocenters. The number of halogens is 3. The summed E-state index contributed by atoms with van der Waals surface area (Å²) in [5.41, 5.74) is -0.341. The van der Waals surface area contributed by atoms with E-state index in [4.69, 9.17) is 0 Å². The van der Waals surface area contributed by atoms with Crippen molar-refractivity contribution in [3.63, 3.8) is 0 Å². The number of rotatable bonds is 6. The Hall–Kier alpha value is -3.21. The van der Waals surface area contributed by atoms with Gasteiger partial charge in [0, 0.05) is 18.0 Å². The molecule has 0 saturated heterocycles. The minimum atomic E-state index is -4.46. The summed E-state index contributed by atoms with van der Waals surface area (Å²) in [5, 5.41) is 5.76. The first-order chi connectivity index (χ1) is 13.7. The first kappa shape index (κ1) is 20.5. The molecule has 0 aliphatic rings.